The lowest BCUT2D eigenvalue weighted by atomic mass is 9.99. The van der Waals surface area contributed by atoms with Crippen molar-refractivity contribution < 1.29 is 17.6 Å². The molecule has 0 radical (unpaired) electrons. The molecule has 3 rings (SSSR count). The summed E-state index contributed by atoms with van der Waals surface area (Å²) in [5.74, 6) is 0.206. The van der Waals surface area contributed by atoms with Gasteiger partial charge in [0.05, 0.1) is 10.8 Å². The SMILES string of the molecule is CC(C)CSc1nnc(NC(=O)C2CCCN(S(=O)(=O)c3ccc(F)cc3)C2)s1. The summed E-state index contributed by atoms with van der Waals surface area (Å²) in [5, 5.41) is 11.2. The summed E-state index contributed by atoms with van der Waals surface area (Å²) in [4.78, 5) is 12.7. The van der Waals surface area contributed by atoms with Gasteiger partial charge in [-0.2, -0.15) is 4.31 Å². The number of sulfonamides is 1. The maximum Gasteiger partial charge on any atom is 0.243 e. The number of piperidine rings is 1. The Morgan fingerprint density at radius 2 is 2.07 bits per heavy atom. The highest BCUT2D eigenvalue weighted by Gasteiger charge is 2.33. The van der Waals surface area contributed by atoms with E-state index >= 15 is 0 Å². The molecule has 1 aromatic carbocycles. The number of benzene rings is 1. The number of nitrogens with one attached hydrogen (secondary N) is 1. The molecular formula is C18H23FN4O3S3. The van der Waals surface area contributed by atoms with Crippen LogP contribution in [0.15, 0.2) is 33.5 Å². The standard InChI is InChI=1S/C18H23FN4O3S3/c1-12(2)11-27-18-22-21-17(28-18)20-16(24)13-4-3-9-23(10-13)29(25,26)15-7-5-14(19)6-8-15/h5-8,12-13H,3-4,9-11H2,1-2H3,(H,20,21,24). The first-order chi connectivity index (χ1) is 13.8. The molecule has 1 unspecified atom stereocenters. The van der Waals surface area contributed by atoms with Crippen LogP contribution in [0.4, 0.5) is 9.52 Å². The highest BCUT2D eigenvalue weighted by molar-refractivity contribution is 8.01. The third-order valence-corrected chi connectivity index (χ3v) is 8.66. The lowest BCUT2D eigenvalue weighted by molar-refractivity contribution is -0.120. The Hall–Kier alpha value is -1.56. The number of nitrogens with zero attached hydrogens (tertiary/aromatic N) is 3. The number of rotatable bonds is 7. The Balaban J connectivity index is 1.63. The van der Waals surface area contributed by atoms with Gasteiger partial charge in [0.1, 0.15) is 5.82 Å². The molecule has 0 bridgehead atoms. The third-order valence-electron chi connectivity index (χ3n) is 4.38. The van der Waals surface area contributed by atoms with Gasteiger partial charge in [0.15, 0.2) is 4.34 Å². The highest BCUT2D eigenvalue weighted by atomic mass is 32.2. The van der Waals surface area contributed by atoms with Crippen LogP contribution in [0.25, 0.3) is 0 Å². The number of amides is 1. The second-order valence-corrected chi connectivity index (χ2v) is 11.4. The van der Waals surface area contributed by atoms with E-state index in [-0.39, 0.29) is 17.3 Å². The molecular weight excluding hydrogens is 435 g/mol. The van der Waals surface area contributed by atoms with E-state index in [1.165, 1.54) is 27.8 Å². The van der Waals surface area contributed by atoms with Gasteiger partial charge >= 0.3 is 0 Å². The maximum absolute atomic E-state index is 13.1. The number of anilines is 1. The van der Waals surface area contributed by atoms with Gasteiger partial charge in [0.25, 0.3) is 0 Å². The number of carbonyl (C=O) groups is 1. The van der Waals surface area contributed by atoms with Gasteiger partial charge in [-0.3, -0.25) is 4.79 Å². The second-order valence-electron chi connectivity index (χ2n) is 7.22. The summed E-state index contributed by atoms with van der Waals surface area (Å²) in [7, 11) is -3.77. The number of thioether (sulfide) groups is 1. The second kappa shape index (κ2) is 9.50. The Morgan fingerprint density at radius 3 is 2.76 bits per heavy atom. The Kier molecular flexibility index (Phi) is 7.25. The van der Waals surface area contributed by atoms with Crippen LogP contribution in [0.3, 0.4) is 0 Å². The van der Waals surface area contributed by atoms with Gasteiger partial charge in [-0.05, 0) is 43.0 Å². The van der Waals surface area contributed by atoms with E-state index in [0.29, 0.717) is 30.4 Å². The topological polar surface area (TPSA) is 92.3 Å². The zero-order valence-electron chi connectivity index (χ0n) is 16.2. The number of aromatic nitrogens is 2. The number of hydrogen-bond donors (Lipinski definition) is 1. The van der Waals surface area contributed by atoms with E-state index < -0.39 is 21.8 Å². The van der Waals surface area contributed by atoms with E-state index in [1.54, 1.807) is 11.8 Å². The summed E-state index contributed by atoms with van der Waals surface area (Å²) in [5.41, 5.74) is 0. The molecule has 0 saturated carbocycles. The molecule has 1 aliphatic heterocycles. The van der Waals surface area contributed by atoms with Gasteiger partial charge in [-0.1, -0.05) is 36.9 Å². The minimum absolute atomic E-state index is 0.0240. The third kappa shape index (κ3) is 5.74. The fourth-order valence-electron chi connectivity index (χ4n) is 2.89. The van der Waals surface area contributed by atoms with Crippen LogP contribution in [-0.4, -0.2) is 47.7 Å². The predicted molar refractivity (Wildman–Crippen MR) is 112 cm³/mol. The van der Waals surface area contributed by atoms with Crippen molar-refractivity contribution in [3.8, 4) is 0 Å². The smallest absolute Gasteiger partial charge is 0.243 e. The van der Waals surface area contributed by atoms with E-state index in [0.717, 1.165) is 22.2 Å². The number of halogens is 1. The first kappa shape index (κ1) is 22.1. The summed E-state index contributed by atoms with van der Waals surface area (Å²) in [6, 6.07) is 4.72. The minimum atomic E-state index is -3.77. The molecule has 1 aliphatic rings. The normalized spacial score (nSPS) is 18.1. The fraction of sp³-hybridized carbons (Fsp3) is 0.500. The van der Waals surface area contributed by atoms with Crippen molar-refractivity contribution in [3.05, 3.63) is 30.1 Å². The van der Waals surface area contributed by atoms with Crippen molar-refractivity contribution in [2.45, 2.75) is 35.9 Å². The zero-order chi connectivity index (χ0) is 21.0. The van der Waals surface area contributed by atoms with E-state index in [1.807, 2.05) is 0 Å². The first-order valence-corrected chi connectivity index (χ1v) is 12.5. The van der Waals surface area contributed by atoms with Crippen molar-refractivity contribution in [2.24, 2.45) is 11.8 Å². The Morgan fingerprint density at radius 1 is 1.34 bits per heavy atom. The molecule has 0 aliphatic carbocycles. The van der Waals surface area contributed by atoms with Gasteiger partial charge in [0, 0.05) is 18.8 Å². The molecule has 1 saturated heterocycles. The molecule has 1 atom stereocenters. The quantitative estimate of drug-likeness (QED) is 0.505. The van der Waals surface area contributed by atoms with Crippen LogP contribution in [-0.2, 0) is 14.8 Å². The van der Waals surface area contributed by atoms with Gasteiger partial charge < -0.3 is 5.32 Å². The van der Waals surface area contributed by atoms with Crippen LogP contribution >= 0.6 is 23.1 Å². The van der Waals surface area contributed by atoms with Crippen molar-refractivity contribution in [1.29, 1.82) is 0 Å². The lowest BCUT2D eigenvalue weighted by Gasteiger charge is -2.31. The molecule has 2 aromatic rings. The van der Waals surface area contributed by atoms with E-state index in [4.69, 9.17) is 0 Å². The number of carbonyl (C=O) groups excluding carboxylic acids is 1. The van der Waals surface area contributed by atoms with Crippen molar-refractivity contribution in [1.82, 2.24) is 14.5 Å². The maximum atomic E-state index is 13.1. The lowest BCUT2D eigenvalue weighted by Crippen LogP contribution is -2.43. The Bertz CT molecular complexity index is 948. The van der Waals surface area contributed by atoms with Crippen LogP contribution in [0.5, 0.6) is 0 Å². The molecule has 1 amide bonds. The highest BCUT2D eigenvalue weighted by Crippen LogP contribution is 2.29. The minimum Gasteiger partial charge on any atom is -0.300 e. The molecule has 0 spiro atoms. The van der Waals surface area contributed by atoms with Crippen molar-refractivity contribution >= 4 is 44.2 Å². The summed E-state index contributed by atoms with van der Waals surface area (Å²) in [6.07, 6.45) is 1.17. The largest absolute Gasteiger partial charge is 0.300 e. The average Bonchev–Trinajstić information content (AvgIpc) is 3.14. The molecule has 29 heavy (non-hydrogen) atoms. The summed E-state index contributed by atoms with van der Waals surface area (Å²) >= 11 is 2.91. The molecule has 1 aromatic heterocycles. The van der Waals surface area contributed by atoms with Crippen LogP contribution in [0.1, 0.15) is 26.7 Å². The van der Waals surface area contributed by atoms with Gasteiger partial charge in [-0.15, -0.1) is 10.2 Å². The summed E-state index contributed by atoms with van der Waals surface area (Å²) in [6.45, 7) is 4.65. The van der Waals surface area contributed by atoms with Crippen molar-refractivity contribution in [2.75, 3.05) is 24.2 Å². The van der Waals surface area contributed by atoms with Crippen LogP contribution in [0.2, 0.25) is 0 Å². The monoisotopic (exact) mass is 458 g/mol. The van der Waals surface area contributed by atoms with Crippen LogP contribution < -0.4 is 5.32 Å². The fourth-order valence-corrected chi connectivity index (χ4v) is 6.15. The number of hydrogen-bond acceptors (Lipinski definition) is 7. The summed E-state index contributed by atoms with van der Waals surface area (Å²) < 4.78 is 40.8. The van der Waals surface area contributed by atoms with E-state index in [9.17, 15) is 17.6 Å². The Labute approximate surface area is 178 Å². The van der Waals surface area contributed by atoms with Gasteiger partial charge in [-0.25, -0.2) is 12.8 Å². The first-order valence-electron chi connectivity index (χ1n) is 9.28. The molecule has 7 nitrogen and oxygen atoms in total. The molecule has 1 fully saturated rings. The molecule has 11 heteroatoms. The van der Waals surface area contributed by atoms with Crippen molar-refractivity contribution in [3.63, 3.8) is 0 Å². The average molecular weight is 459 g/mol. The predicted octanol–water partition coefficient (Wildman–Crippen LogP) is 3.46. The van der Waals surface area contributed by atoms with Crippen LogP contribution in [0, 0.1) is 17.7 Å². The van der Waals surface area contributed by atoms with E-state index in [2.05, 4.69) is 29.4 Å². The van der Waals surface area contributed by atoms with Gasteiger partial charge in [0.2, 0.25) is 21.1 Å². The zero-order valence-corrected chi connectivity index (χ0v) is 18.6. The molecule has 158 valence electrons. The molecule has 1 N–H and O–H groups in total. The molecule has 2 heterocycles.